The smallest absolute Gasteiger partial charge is 0.230 e. The minimum atomic E-state index is -0.312. The van der Waals surface area contributed by atoms with Crippen LogP contribution in [0, 0.1) is 5.41 Å². The molecule has 1 amide bonds. The first-order chi connectivity index (χ1) is 13.4. The first kappa shape index (κ1) is 20.2. The molecule has 3 rings (SSSR count). The van der Waals surface area contributed by atoms with Gasteiger partial charge in [0.05, 0.1) is 11.5 Å². The van der Waals surface area contributed by atoms with E-state index in [2.05, 4.69) is 65.0 Å². The third-order valence-corrected chi connectivity index (χ3v) is 5.87. The van der Waals surface area contributed by atoms with E-state index in [1.54, 1.807) is 11.9 Å². The average molecular weight is 381 g/mol. The van der Waals surface area contributed by atoms with Gasteiger partial charge in [0.1, 0.15) is 0 Å². The molecule has 0 spiro atoms. The van der Waals surface area contributed by atoms with Crippen molar-refractivity contribution < 1.29 is 4.79 Å². The lowest BCUT2D eigenvalue weighted by Crippen LogP contribution is -2.49. The van der Waals surface area contributed by atoms with E-state index in [9.17, 15) is 4.79 Å². The van der Waals surface area contributed by atoms with Gasteiger partial charge in [0.15, 0.2) is 5.96 Å². The molecule has 2 aromatic carbocycles. The Balaban J connectivity index is 1.67. The van der Waals surface area contributed by atoms with Crippen LogP contribution in [0.4, 0.5) is 0 Å². The van der Waals surface area contributed by atoms with E-state index >= 15 is 0 Å². The van der Waals surface area contributed by atoms with Crippen molar-refractivity contribution in [2.24, 2.45) is 10.4 Å². The molecular weight excluding hydrogens is 348 g/mol. The summed E-state index contributed by atoms with van der Waals surface area (Å²) in [7, 11) is 5.46. The van der Waals surface area contributed by atoms with Gasteiger partial charge < -0.3 is 15.5 Å². The quantitative estimate of drug-likeness (QED) is 0.614. The molecule has 0 heterocycles. The second-order valence-corrected chi connectivity index (χ2v) is 8.09. The summed E-state index contributed by atoms with van der Waals surface area (Å²) in [6, 6.07) is 15.0. The third kappa shape index (κ3) is 4.29. The zero-order chi connectivity index (χ0) is 20.1. The number of carbonyl (C=O) groups is 1. The van der Waals surface area contributed by atoms with Crippen LogP contribution >= 0.6 is 0 Å². The predicted molar refractivity (Wildman–Crippen MR) is 116 cm³/mol. The van der Waals surface area contributed by atoms with Crippen LogP contribution in [-0.2, 0) is 4.79 Å². The predicted octanol–water partition coefficient (Wildman–Crippen LogP) is 3.71. The number of aliphatic imine (C=N–C) groups is 1. The van der Waals surface area contributed by atoms with Gasteiger partial charge >= 0.3 is 0 Å². The van der Waals surface area contributed by atoms with Crippen LogP contribution in [0.2, 0.25) is 0 Å². The summed E-state index contributed by atoms with van der Waals surface area (Å²) in [5, 5.41) is 9.36. The van der Waals surface area contributed by atoms with Gasteiger partial charge in [-0.2, -0.15) is 0 Å². The number of hydrogen-bond acceptors (Lipinski definition) is 2. The Morgan fingerprint density at radius 1 is 1.14 bits per heavy atom. The Morgan fingerprint density at radius 3 is 2.46 bits per heavy atom. The molecule has 0 bridgehead atoms. The van der Waals surface area contributed by atoms with E-state index < -0.39 is 0 Å². The molecule has 5 nitrogen and oxygen atoms in total. The Labute approximate surface area is 168 Å². The van der Waals surface area contributed by atoms with E-state index in [0.29, 0.717) is 6.54 Å². The Kier molecular flexibility index (Phi) is 6.22. The van der Waals surface area contributed by atoms with Gasteiger partial charge in [-0.05, 0) is 42.2 Å². The van der Waals surface area contributed by atoms with Crippen molar-refractivity contribution in [3.05, 3.63) is 48.0 Å². The van der Waals surface area contributed by atoms with Gasteiger partial charge in [-0.3, -0.25) is 9.79 Å². The number of hydrogen-bond donors (Lipinski definition) is 2. The van der Waals surface area contributed by atoms with Gasteiger partial charge in [-0.15, -0.1) is 0 Å². The van der Waals surface area contributed by atoms with Gasteiger partial charge in [0.25, 0.3) is 0 Å². The zero-order valence-corrected chi connectivity index (χ0v) is 17.5. The fourth-order valence-corrected chi connectivity index (χ4v) is 4.21. The fourth-order valence-electron chi connectivity index (χ4n) is 4.21. The van der Waals surface area contributed by atoms with Crippen LogP contribution in [0.25, 0.3) is 10.8 Å². The molecule has 0 radical (unpaired) electrons. The van der Waals surface area contributed by atoms with Crippen LogP contribution < -0.4 is 10.6 Å². The highest BCUT2D eigenvalue weighted by Gasteiger charge is 2.42. The zero-order valence-electron chi connectivity index (χ0n) is 17.5. The monoisotopic (exact) mass is 380 g/mol. The molecule has 1 fully saturated rings. The van der Waals surface area contributed by atoms with Gasteiger partial charge in [-0.1, -0.05) is 49.2 Å². The molecule has 150 valence electrons. The van der Waals surface area contributed by atoms with Gasteiger partial charge in [0.2, 0.25) is 5.91 Å². The Bertz CT molecular complexity index is 853. The second kappa shape index (κ2) is 8.63. The summed E-state index contributed by atoms with van der Waals surface area (Å²) in [5.41, 5.74) is 0.898. The number of carbonyl (C=O) groups excluding carboxylic acids is 1. The van der Waals surface area contributed by atoms with Crippen LogP contribution in [0.3, 0.4) is 0 Å². The topological polar surface area (TPSA) is 56.7 Å². The van der Waals surface area contributed by atoms with Gasteiger partial charge in [-0.25, -0.2) is 0 Å². The number of benzene rings is 2. The largest absolute Gasteiger partial charge is 0.355 e. The van der Waals surface area contributed by atoms with Crippen LogP contribution in [-0.4, -0.2) is 44.5 Å². The maximum absolute atomic E-state index is 12.8. The summed E-state index contributed by atoms with van der Waals surface area (Å²) < 4.78 is 0. The third-order valence-electron chi connectivity index (χ3n) is 5.87. The van der Waals surface area contributed by atoms with Crippen molar-refractivity contribution in [2.45, 2.75) is 38.6 Å². The van der Waals surface area contributed by atoms with Crippen LogP contribution in [0.15, 0.2) is 47.5 Å². The Hall–Kier alpha value is -2.56. The number of nitrogens with zero attached hydrogens (tertiary/aromatic N) is 2. The molecular formula is C23H32N4O. The van der Waals surface area contributed by atoms with Crippen molar-refractivity contribution >= 4 is 22.6 Å². The van der Waals surface area contributed by atoms with Crippen molar-refractivity contribution in [3.8, 4) is 0 Å². The number of rotatable bonds is 5. The van der Waals surface area contributed by atoms with E-state index in [0.717, 1.165) is 31.6 Å². The SMILES string of the molecule is CN=C(NCC1(C(=O)N(C)C)CCCC1)NC(C)c1ccc2ccccc2c1. The van der Waals surface area contributed by atoms with Crippen molar-refractivity contribution in [3.63, 3.8) is 0 Å². The van der Waals surface area contributed by atoms with Crippen molar-refractivity contribution in [1.29, 1.82) is 0 Å². The lowest BCUT2D eigenvalue weighted by molar-refractivity contribution is -0.138. The Morgan fingerprint density at radius 2 is 1.82 bits per heavy atom. The molecule has 1 aliphatic rings. The molecule has 1 atom stereocenters. The second-order valence-electron chi connectivity index (χ2n) is 8.09. The molecule has 1 aliphatic carbocycles. The molecule has 0 aromatic heterocycles. The number of guanidine groups is 1. The normalized spacial score (nSPS) is 17.4. The highest BCUT2D eigenvalue weighted by molar-refractivity contribution is 5.86. The molecule has 5 heteroatoms. The maximum Gasteiger partial charge on any atom is 0.230 e. The minimum absolute atomic E-state index is 0.111. The standard InChI is InChI=1S/C23H32N4O/c1-17(19-12-11-18-9-5-6-10-20(18)15-19)26-22(24-2)25-16-23(13-7-8-14-23)21(28)27(3)4/h5-6,9-12,15,17H,7-8,13-14,16H2,1-4H3,(H2,24,25,26). The number of fused-ring (bicyclic) bond motifs is 1. The van der Waals surface area contributed by atoms with Crippen LogP contribution in [0.5, 0.6) is 0 Å². The highest BCUT2D eigenvalue weighted by Crippen LogP contribution is 2.38. The minimum Gasteiger partial charge on any atom is -0.355 e. The average Bonchev–Trinajstić information content (AvgIpc) is 3.19. The molecule has 0 saturated heterocycles. The molecule has 1 saturated carbocycles. The highest BCUT2D eigenvalue weighted by atomic mass is 16.2. The summed E-state index contributed by atoms with van der Waals surface area (Å²) in [6.45, 7) is 2.75. The van der Waals surface area contributed by atoms with Crippen molar-refractivity contribution in [2.75, 3.05) is 27.7 Å². The summed E-state index contributed by atoms with van der Waals surface area (Å²) in [6.07, 6.45) is 4.10. The number of nitrogens with one attached hydrogen (secondary N) is 2. The van der Waals surface area contributed by atoms with E-state index in [4.69, 9.17) is 0 Å². The summed E-state index contributed by atoms with van der Waals surface area (Å²) in [5.74, 6) is 0.953. The van der Waals surface area contributed by atoms with E-state index in [1.165, 1.54) is 16.3 Å². The molecule has 2 N–H and O–H groups in total. The lowest BCUT2D eigenvalue weighted by Gasteiger charge is -2.31. The summed E-state index contributed by atoms with van der Waals surface area (Å²) >= 11 is 0. The number of amides is 1. The molecule has 28 heavy (non-hydrogen) atoms. The lowest BCUT2D eigenvalue weighted by atomic mass is 9.84. The van der Waals surface area contributed by atoms with E-state index in [-0.39, 0.29) is 17.4 Å². The molecule has 2 aromatic rings. The summed E-state index contributed by atoms with van der Waals surface area (Å²) in [4.78, 5) is 18.9. The maximum atomic E-state index is 12.8. The van der Waals surface area contributed by atoms with Crippen LogP contribution in [0.1, 0.15) is 44.2 Å². The molecule has 1 unspecified atom stereocenters. The van der Waals surface area contributed by atoms with Crippen molar-refractivity contribution in [1.82, 2.24) is 15.5 Å². The first-order valence-corrected chi connectivity index (χ1v) is 10.1. The molecule has 0 aliphatic heterocycles. The van der Waals surface area contributed by atoms with E-state index in [1.807, 2.05) is 14.1 Å². The van der Waals surface area contributed by atoms with Gasteiger partial charge in [0, 0.05) is 27.7 Å². The fraction of sp³-hybridized carbons (Fsp3) is 0.478. The first-order valence-electron chi connectivity index (χ1n) is 10.1.